The first-order valence-corrected chi connectivity index (χ1v) is 10.1. The van der Waals surface area contributed by atoms with E-state index < -0.39 is 5.92 Å². The molecule has 0 unspecified atom stereocenters. The number of Topliss-reactive ketones (excluding diaryl/α,β-unsaturated/α-hetero) is 1. The van der Waals surface area contributed by atoms with Crippen LogP contribution in [0.25, 0.3) is 0 Å². The lowest BCUT2D eigenvalue weighted by Gasteiger charge is -2.40. The Morgan fingerprint density at radius 1 is 1.07 bits per heavy atom. The first-order valence-electron chi connectivity index (χ1n) is 9.27. The van der Waals surface area contributed by atoms with Crippen molar-refractivity contribution in [2.45, 2.75) is 25.2 Å². The molecule has 0 amide bonds. The van der Waals surface area contributed by atoms with Gasteiger partial charge in [-0.3, -0.25) is 9.69 Å². The standard InChI is InChI=1S/C23H17BrN4O/c24-16-7-3-6-14(11-16)21-17(13-26)23(27)28(18-8-2-1-5-15(18)12-25)19-9-4-10-20(29)22(19)21/h1-3,5-8,11,21H,4,9-10,27H2/t21-/m0/s1. The molecule has 0 saturated carbocycles. The number of benzene rings is 2. The lowest BCUT2D eigenvalue weighted by atomic mass is 9.75. The predicted molar refractivity (Wildman–Crippen MR) is 113 cm³/mol. The third-order valence-electron chi connectivity index (χ3n) is 5.36. The van der Waals surface area contributed by atoms with Crippen molar-refractivity contribution in [2.75, 3.05) is 4.90 Å². The van der Waals surface area contributed by atoms with Gasteiger partial charge in [0.1, 0.15) is 11.9 Å². The summed E-state index contributed by atoms with van der Waals surface area (Å²) in [6.45, 7) is 0. The summed E-state index contributed by atoms with van der Waals surface area (Å²) in [5, 5.41) is 19.6. The van der Waals surface area contributed by atoms with Gasteiger partial charge in [-0.05, 0) is 42.7 Å². The van der Waals surface area contributed by atoms with Gasteiger partial charge in [-0.25, -0.2) is 0 Å². The topological polar surface area (TPSA) is 93.9 Å². The molecule has 5 nitrogen and oxygen atoms in total. The Bertz CT molecular complexity index is 1170. The molecule has 29 heavy (non-hydrogen) atoms. The van der Waals surface area contributed by atoms with Gasteiger partial charge in [0.25, 0.3) is 0 Å². The van der Waals surface area contributed by atoms with Crippen molar-refractivity contribution < 1.29 is 4.79 Å². The molecule has 6 heteroatoms. The van der Waals surface area contributed by atoms with Gasteiger partial charge in [0, 0.05) is 22.2 Å². The van der Waals surface area contributed by atoms with E-state index in [2.05, 4.69) is 28.1 Å². The number of para-hydroxylation sites is 1. The highest BCUT2D eigenvalue weighted by molar-refractivity contribution is 9.10. The first-order chi connectivity index (χ1) is 14.1. The van der Waals surface area contributed by atoms with Crippen LogP contribution >= 0.6 is 15.9 Å². The summed E-state index contributed by atoms with van der Waals surface area (Å²) in [6, 6.07) is 19.1. The lowest BCUT2D eigenvalue weighted by molar-refractivity contribution is -0.116. The number of halogens is 1. The Morgan fingerprint density at radius 3 is 2.59 bits per heavy atom. The van der Waals surface area contributed by atoms with Gasteiger partial charge >= 0.3 is 0 Å². The van der Waals surface area contributed by atoms with Gasteiger partial charge in [-0.1, -0.05) is 40.2 Å². The van der Waals surface area contributed by atoms with Crippen LogP contribution in [0.15, 0.2) is 75.7 Å². The average Bonchev–Trinajstić information content (AvgIpc) is 2.73. The van der Waals surface area contributed by atoms with Crippen LogP contribution in [0.5, 0.6) is 0 Å². The van der Waals surface area contributed by atoms with Crippen molar-refractivity contribution in [3.8, 4) is 12.1 Å². The minimum atomic E-state index is -0.509. The molecule has 0 radical (unpaired) electrons. The highest BCUT2D eigenvalue weighted by Gasteiger charge is 2.40. The van der Waals surface area contributed by atoms with E-state index in [4.69, 9.17) is 5.73 Å². The Hall–Kier alpha value is -3.35. The van der Waals surface area contributed by atoms with Gasteiger partial charge in [0.15, 0.2) is 5.78 Å². The lowest BCUT2D eigenvalue weighted by Crippen LogP contribution is -2.39. The van der Waals surface area contributed by atoms with Crippen LogP contribution in [0.3, 0.4) is 0 Å². The molecule has 1 aliphatic carbocycles. The number of nitrogens with two attached hydrogens (primary N) is 1. The molecule has 0 aromatic heterocycles. The van der Waals surface area contributed by atoms with Crippen molar-refractivity contribution >= 4 is 27.4 Å². The van der Waals surface area contributed by atoms with E-state index in [1.54, 1.807) is 23.1 Å². The maximum atomic E-state index is 13.1. The number of nitriles is 2. The molecule has 4 rings (SSSR count). The molecular formula is C23H17BrN4O. The number of nitrogens with zero attached hydrogens (tertiary/aromatic N) is 3. The second-order valence-corrected chi connectivity index (χ2v) is 7.92. The molecule has 2 N–H and O–H groups in total. The summed E-state index contributed by atoms with van der Waals surface area (Å²) in [7, 11) is 0. The van der Waals surface area contributed by atoms with Crippen molar-refractivity contribution in [3.05, 3.63) is 86.8 Å². The van der Waals surface area contributed by atoms with E-state index in [1.165, 1.54) is 0 Å². The van der Waals surface area contributed by atoms with E-state index in [9.17, 15) is 15.3 Å². The first kappa shape index (κ1) is 19.0. The minimum Gasteiger partial charge on any atom is -0.384 e. The van der Waals surface area contributed by atoms with Gasteiger partial charge in [-0.15, -0.1) is 0 Å². The zero-order valence-corrected chi connectivity index (χ0v) is 17.1. The zero-order valence-electron chi connectivity index (χ0n) is 15.5. The highest BCUT2D eigenvalue weighted by Crippen LogP contribution is 2.46. The number of carbonyl (C=O) groups excluding carboxylic acids is 1. The molecule has 1 atom stereocenters. The second-order valence-electron chi connectivity index (χ2n) is 7.00. The van der Waals surface area contributed by atoms with Gasteiger partial charge in [-0.2, -0.15) is 10.5 Å². The summed E-state index contributed by atoms with van der Waals surface area (Å²) >= 11 is 3.48. The van der Waals surface area contributed by atoms with Crippen molar-refractivity contribution in [1.29, 1.82) is 10.5 Å². The molecule has 142 valence electrons. The van der Waals surface area contributed by atoms with Crippen LogP contribution in [-0.4, -0.2) is 5.78 Å². The fourth-order valence-corrected chi connectivity index (χ4v) is 4.56. The summed E-state index contributed by atoms with van der Waals surface area (Å²) in [5.41, 5.74) is 10.1. The summed E-state index contributed by atoms with van der Waals surface area (Å²) in [4.78, 5) is 14.8. The normalized spacial score (nSPS) is 18.9. The third kappa shape index (κ3) is 3.12. The maximum absolute atomic E-state index is 13.1. The van der Waals surface area contributed by atoms with Crippen molar-refractivity contribution in [2.24, 2.45) is 5.73 Å². The van der Waals surface area contributed by atoms with Crippen LogP contribution in [0.2, 0.25) is 0 Å². The fraction of sp³-hybridized carbons (Fsp3) is 0.174. The highest BCUT2D eigenvalue weighted by atomic mass is 79.9. The monoisotopic (exact) mass is 444 g/mol. The number of allylic oxidation sites excluding steroid dienone is 3. The van der Waals surface area contributed by atoms with Crippen LogP contribution in [0.4, 0.5) is 5.69 Å². The SMILES string of the molecule is N#CC1=C(N)N(c2ccccc2C#N)C2=C(C(=O)CCC2)[C@H]1c1cccc(Br)c1. The van der Waals surface area contributed by atoms with E-state index in [0.29, 0.717) is 41.7 Å². The quantitative estimate of drug-likeness (QED) is 0.728. The molecule has 1 heterocycles. The molecular weight excluding hydrogens is 428 g/mol. The van der Waals surface area contributed by atoms with Gasteiger partial charge < -0.3 is 5.73 Å². The molecule has 1 aliphatic heterocycles. The Balaban J connectivity index is 2.01. The summed E-state index contributed by atoms with van der Waals surface area (Å²) in [6.07, 6.45) is 1.81. The number of ketones is 1. The van der Waals surface area contributed by atoms with Crippen LogP contribution in [-0.2, 0) is 4.79 Å². The van der Waals surface area contributed by atoms with Gasteiger partial charge in [0.05, 0.1) is 28.8 Å². The number of anilines is 1. The van der Waals surface area contributed by atoms with Crippen LogP contribution in [0.1, 0.15) is 36.3 Å². The van der Waals surface area contributed by atoms with E-state index in [0.717, 1.165) is 15.7 Å². The molecule has 0 bridgehead atoms. The third-order valence-corrected chi connectivity index (χ3v) is 5.85. The molecule has 2 aromatic rings. The molecule has 2 aliphatic rings. The number of hydrogen-bond acceptors (Lipinski definition) is 5. The smallest absolute Gasteiger partial charge is 0.161 e. The van der Waals surface area contributed by atoms with Gasteiger partial charge in [0.2, 0.25) is 0 Å². The maximum Gasteiger partial charge on any atom is 0.161 e. The Kier molecular flexibility index (Phi) is 4.96. The summed E-state index contributed by atoms with van der Waals surface area (Å²) < 4.78 is 0.869. The predicted octanol–water partition coefficient (Wildman–Crippen LogP) is 4.63. The number of carbonyl (C=O) groups is 1. The van der Waals surface area contributed by atoms with E-state index >= 15 is 0 Å². The van der Waals surface area contributed by atoms with Crippen molar-refractivity contribution in [1.82, 2.24) is 0 Å². The van der Waals surface area contributed by atoms with Crippen LogP contribution in [0, 0.1) is 22.7 Å². The number of rotatable bonds is 2. The largest absolute Gasteiger partial charge is 0.384 e. The zero-order chi connectivity index (χ0) is 20.5. The summed E-state index contributed by atoms with van der Waals surface area (Å²) in [5.74, 6) is -0.213. The Labute approximate surface area is 177 Å². The van der Waals surface area contributed by atoms with E-state index in [1.807, 2.05) is 30.3 Å². The van der Waals surface area contributed by atoms with E-state index in [-0.39, 0.29) is 11.6 Å². The Morgan fingerprint density at radius 2 is 1.86 bits per heavy atom. The van der Waals surface area contributed by atoms with Crippen molar-refractivity contribution in [3.63, 3.8) is 0 Å². The molecule has 2 aromatic carbocycles. The fourth-order valence-electron chi connectivity index (χ4n) is 4.14. The van der Waals surface area contributed by atoms with Crippen LogP contribution < -0.4 is 10.6 Å². The molecule has 0 fully saturated rings. The molecule has 0 spiro atoms. The molecule has 0 saturated heterocycles. The number of hydrogen-bond donors (Lipinski definition) is 1. The average molecular weight is 445 g/mol. The second kappa shape index (κ2) is 7.58. The minimum absolute atomic E-state index is 0.0240.